The predicted molar refractivity (Wildman–Crippen MR) is 36.2 cm³/mol. The summed E-state index contributed by atoms with van der Waals surface area (Å²) in [6.07, 6.45) is 1.38. The fourth-order valence-corrected chi connectivity index (χ4v) is 0.462. The van der Waals surface area contributed by atoms with Gasteiger partial charge < -0.3 is 0 Å². The second-order valence-corrected chi connectivity index (χ2v) is 1.88. The number of carbonyl (C=O) groups is 1. The van der Waals surface area contributed by atoms with Gasteiger partial charge in [-0.05, 0) is 0 Å². The molecule has 0 aliphatic carbocycles. The van der Waals surface area contributed by atoms with Gasteiger partial charge in [-0.15, -0.1) is 0 Å². The van der Waals surface area contributed by atoms with Crippen LogP contribution in [0.15, 0.2) is 0 Å². The first-order chi connectivity index (χ1) is 4.22. The van der Waals surface area contributed by atoms with Gasteiger partial charge in [0.25, 0.3) is 0 Å². The van der Waals surface area contributed by atoms with E-state index in [1.165, 1.54) is 4.81 Å². The monoisotopic (exact) mass is 126 g/mol. The normalized spacial score (nSPS) is 8.22. The first-order valence-electron chi connectivity index (χ1n) is 2.98. The van der Waals surface area contributed by atoms with Crippen molar-refractivity contribution >= 4 is 13.1 Å². The Morgan fingerprint density at radius 3 is 2.67 bits per heavy atom. The minimum absolute atomic E-state index is 0.00694. The van der Waals surface area contributed by atoms with Crippen LogP contribution < -0.4 is 0 Å². The molecule has 0 unspecified atom stereocenters. The average molecular weight is 126 g/mol. The second-order valence-electron chi connectivity index (χ2n) is 1.88. The summed E-state index contributed by atoms with van der Waals surface area (Å²) in [4.78, 5) is 12.0. The molecule has 0 heterocycles. The minimum atomic E-state index is 0.00694. The summed E-state index contributed by atoms with van der Waals surface area (Å²) >= 11 is 0. The van der Waals surface area contributed by atoms with Crippen molar-refractivity contribution in [3.05, 3.63) is 0 Å². The Hall–Kier alpha value is -0.665. The number of amides is 1. The molecule has 0 saturated carbocycles. The molecule has 0 aromatic carbocycles. The molecule has 0 rings (SSSR count). The standard InChI is InChI=1S/C5H11BN2O/c1-3-4-5(9)8(2)6-7/h7H,3-4H2,1-2H3. The van der Waals surface area contributed by atoms with Crippen LogP contribution in [-0.4, -0.2) is 25.0 Å². The molecule has 50 valence electrons. The first kappa shape index (κ1) is 8.33. The van der Waals surface area contributed by atoms with E-state index >= 15 is 0 Å². The molecule has 0 spiro atoms. The van der Waals surface area contributed by atoms with Crippen molar-refractivity contribution in [3.8, 4) is 0 Å². The van der Waals surface area contributed by atoms with Crippen LogP contribution in [0.4, 0.5) is 0 Å². The maximum absolute atomic E-state index is 10.7. The number of nitrogens with one attached hydrogen (secondary N) is 1. The van der Waals surface area contributed by atoms with Gasteiger partial charge in [-0.2, -0.15) is 0 Å². The van der Waals surface area contributed by atoms with Crippen LogP contribution in [-0.2, 0) is 4.79 Å². The van der Waals surface area contributed by atoms with Gasteiger partial charge in [0.2, 0.25) is 0 Å². The molecule has 0 aliphatic heterocycles. The molecule has 3 nitrogen and oxygen atoms in total. The summed E-state index contributed by atoms with van der Waals surface area (Å²) in [5.74, 6) is 0.00694. The molecule has 0 aromatic rings. The number of hydrogen-bond acceptors (Lipinski definition) is 2. The van der Waals surface area contributed by atoms with E-state index < -0.39 is 0 Å². The molecule has 0 fully saturated rings. The van der Waals surface area contributed by atoms with Gasteiger partial charge in [0.05, 0.1) is 0 Å². The van der Waals surface area contributed by atoms with Crippen molar-refractivity contribution in [1.82, 2.24) is 4.81 Å². The fourth-order valence-electron chi connectivity index (χ4n) is 0.462. The van der Waals surface area contributed by atoms with E-state index in [4.69, 9.17) is 5.31 Å². The molecular weight excluding hydrogens is 115 g/mol. The molecule has 0 bridgehead atoms. The van der Waals surface area contributed by atoms with E-state index in [1.54, 1.807) is 7.05 Å². The quantitative estimate of drug-likeness (QED) is 0.553. The summed E-state index contributed by atoms with van der Waals surface area (Å²) < 4.78 is 0. The molecule has 0 atom stereocenters. The van der Waals surface area contributed by atoms with Crippen LogP contribution >= 0.6 is 0 Å². The van der Waals surface area contributed by atoms with E-state index in [9.17, 15) is 4.79 Å². The van der Waals surface area contributed by atoms with Gasteiger partial charge in [-0.25, -0.2) is 0 Å². The Kier molecular flexibility index (Phi) is 3.92. The van der Waals surface area contributed by atoms with Gasteiger partial charge >= 0.3 is 54.8 Å². The zero-order valence-corrected chi connectivity index (χ0v) is 5.85. The third kappa shape index (κ3) is 3.01. The molecule has 0 radical (unpaired) electrons. The molecule has 0 aliphatic rings. The van der Waals surface area contributed by atoms with Crippen molar-refractivity contribution in [2.24, 2.45) is 0 Å². The van der Waals surface area contributed by atoms with Gasteiger partial charge in [0.15, 0.2) is 0 Å². The maximum atomic E-state index is 10.7. The Balaban J connectivity index is 3.58. The summed E-state index contributed by atoms with van der Waals surface area (Å²) in [6.45, 7) is 1.94. The Morgan fingerprint density at radius 2 is 2.33 bits per heavy atom. The predicted octanol–water partition coefficient (Wildman–Crippen LogP) is 0.626. The average Bonchev–Trinajstić information content (AvgIpc) is 1.87. The first-order valence-corrected chi connectivity index (χ1v) is 2.98. The van der Waals surface area contributed by atoms with Crippen molar-refractivity contribution in [2.45, 2.75) is 19.8 Å². The molecule has 1 N–H and O–H groups in total. The molecule has 4 heteroatoms. The number of nitrogens with zero attached hydrogens (tertiary/aromatic N) is 1. The summed E-state index contributed by atoms with van der Waals surface area (Å²) in [6, 6.07) is 0. The summed E-state index contributed by atoms with van der Waals surface area (Å²) in [5, 5.41) is 6.70. The Bertz CT molecular complexity index is 116. The Morgan fingerprint density at radius 1 is 1.78 bits per heavy atom. The zero-order chi connectivity index (χ0) is 7.28. The molecule has 1 amide bonds. The number of rotatable bonds is 3. The van der Waals surface area contributed by atoms with Gasteiger partial charge in [0.1, 0.15) is 0 Å². The van der Waals surface area contributed by atoms with Gasteiger partial charge in [-0.1, -0.05) is 0 Å². The molecule has 9 heavy (non-hydrogen) atoms. The number of carbonyl (C=O) groups excluding carboxylic acids is 1. The third-order valence-corrected chi connectivity index (χ3v) is 1.05. The fraction of sp³-hybridized carbons (Fsp3) is 0.800. The van der Waals surface area contributed by atoms with E-state index in [-0.39, 0.29) is 5.91 Å². The van der Waals surface area contributed by atoms with Crippen LogP contribution in [0.1, 0.15) is 19.8 Å². The SMILES string of the molecule is CCCC(=O)N(C)B=N. The zero-order valence-electron chi connectivity index (χ0n) is 5.85. The molecular formula is C5H11BN2O. The van der Waals surface area contributed by atoms with Crippen LogP contribution in [0.25, 0.3) is 0 Å². The Labute approximate surface area is 55.8 Å². The summed E-state index contributed by atoms with van der Waals surface area (Å²) in [7, 11) is 2.61. The molecule has 0 aromatic heterocycles. The van der Waals surface area contributed by atoms with Crippen LogP contribution in [0.3, 0.4) is 0 Å². The van der Waals surface area contributed by atoms with Gasteiger partial charge in [0, 0.05) is 0 Å². The van der Waals surface area contributed by atoms with Crippen molar-refractivity contribution < 1.29 is 4.79 Å². The number of hydrogen-bond donors (Lipinski definition) is 1. The molecule has 0 saturated heterocycles. The third-order valence-electron chi connectivity index (χ3n) is 1.05. The van der Waals surface area contributed by atoms with Crippen molar-refractivity contribution in [3.63, 3.8) is 0 Å². The van der Waals surface area contributed by atoms with E-state index in [1.807, 2.05) is 6.92 Å². The van der Waals surface area contributed by atoms with E-state index in [2.05, 4.69) is 0 Å². The van der Waals surface area contributed by atoms with Crippen LogP contribution in [0.5, 0.6) is 0 Å². The van der Waals surface area contributed by atoms with E-state index in [0.29, 0.717) is 6.42 Å². The van der Waals surface area contributed by atoms with Crippen molar-refractivity contribution in [1.29, 1.82) is 5.31 Å². The van der Waals surface area contributed by atoms with Crippen LogP contribution in [0.2, 0.25) is 0 Å². The topological polar surface area (TPSA) is 44.2 Å². The van der Waals surface area contributed by atoms with Crippen LogP contribution in [0, 0.1) is 5.31 Å². The van der Waals surface area contributed by atoms with Crippen molar-refractivity contribution in [2.75, 3.05) is 7.05 Å². The second kappa shape index (κ2) is 4.24. The van der Waals surface area contributed by atoms with Gasteiger partial charge in [-0.3, -0.25) is 0 Å². The van der Waals surface area contributed by atoms with E-state index in [0.717, 1.165) is 13.6 Å². The summed E-state index contributed by atoms with van der Waals surface area (Å²) in [5.41, 5.74) is 0.